The Balaban J connectivity index is 1.53. The van der Waals surface area contributed by atoms with Gasteiger partial charge in [0, 0.05) is 30.9 Å². The summed E-state index contributed by atoms with van der Waals surface area (Å²) in [6.07, 6.45) is 6.46. The Morgan fingerprint density at radius 2 is 2.08 bits per heavy atom. The standard InChI is InChI=1S/C16H25N3O3S2/c20-16(8-7-14-11-23-12-17-14)19-9-3-6-15(10-19)24(21,22)18-13-4-1-2-5-13/h11-13,15,18H,1-10H2. The van der Waals surface area contributed by atoms with Crippen LogP contribution >= 0.6 is 11.3 Å². The number of piperidine rings is 1. The quantitative estimate of drug-likeness (QED) is 0.829. The number of nitrogens with one attached hydrogen (secondary N) is 1. The fourth-order valence-electron chi connectivity index (χ4n) is 3.54. The van der Waals surface area contributed by atoms with Crippen molar-refractivity contribution in [2.24, 2.45) is 0 Å². The first-order chi connectivity index (χ1) is 11.5. The Kier molecular flexibility index (Phi) is 5.89. The van der Waals surface area contributed by atoms with E-state index in [1.807, 2.05) is 5.38 Å². The van der Waals surface area contributed by atoms with E-state index >= 15 is 0 Å². The molecule has 1 saturated carbocycles. The molecular weight excluding hydrogens is 346 g/mol. The maximum atomic E-state index is 12.6. The maximum Gasteiger partial charge on any atom is 0.222 e. The van der Waals surface area contributed by atoms with E-state index in [-0.39, 0.29) is 11.9 Å². The first-order valence-corrected chi connectivity index (χ1v) is 11.2. The van der Waals surface area contributed by atoms with E-state index in [0.717, 1.165) is 37.8 Å². The lowest BCUT2D eigenvalue weighted by molar-refractivity contribution is -0.131. The predicted octanol–water partition coefficient (Wildman–Crippen LogP) is 1.93. The highest BCUT2D eigenvalue weighted by Crippen LogP contribution is 2.22. The van der Waals surface area contributed by atoms with E-state index in [0.29, 0.717) is 32.4 Å². The Morgan fingerprint density at radius 3 is 2.79 bits per heavy atom. The Bertz CT molecular complexity index is 640. The molecule has 6 nitrogen and oxygen atoms in total. The number of aryl methyl sites for hydroxylation is 1. The van der Waals surface area contributed by atoms with E-state index in [2.05, 4.69) is 9.71 Å². The molecule has 24 heavy (non-hydrogen) atoms. The van der Waals surface area contributed by atoms with E-state index < -0.39 is 15.3 Å². The number of aromatic nitrogens is 1. The van der Waals surface area contributed by atoms with Crippen molar-refractivity contribution in [2.45, 2.75) is 62.7 Å². The maximum absolute atomic E-state index is 12.6. The van der Waals surface area contributed by atoms with E-state index in [4.69, 9.17) is 0 Å². The zero-order valence-corrected chi connectivity index (χ0v) is 15.4. The molecule has 0 bridgehead atoms. The largest absolute Gasteiger partial charge is 0.341 e. The molecule has 1 aromatic rings. The fraction of sp³-hybridized carbons (Fsp3) is 0.750. The van der Waals surface area contributed by atoms with Gasteiger partial charge in [-0.1, -0.05) is 12.8 Å². The number of thiazole rings is 1. The zero-order chi connectivity index (χ0) is 17.0. The molecule has 1 aliphatic heterocycles. The third-order valence-corrected chi connectivity index (χ3v) is 7.49. The van der Waals surface area contributed by atoms with Crippen molar-refractivity contribution in [1.29, 1.82) is 0 Å². The minimum Gasteiger partial charge on any atom is -0.341 e. The van der Waals surface area contributed by atoms with Crippen molar-refractivity contribution < 1.29 is 13.2 Å². The van der Waals surface area contributed by atoms with Gasteiger partial charge in [0.2, 0.25) is 15.9 Å². The number of hydrogen-bond acceptors (Lipinski definition) is 5. The Hall–Kier alpha value is -0.990. The molecule has 1 atom stereocenters. The van der Waals surface area contributed by atoms with Crippen molar-refractivity contribution in [3.05, 3.63) is 16.6 Å². The summed E-state index contributed by atoms with van der Waals surface area (Å²) in [6.45, 7) is 0.975. The van der Waals surface area contributed by atoms with Gasteiger partial charge in [-0.05, 0) is 32.1 Å². The average Bonchev–Trinajstić information content (AvgIpc) is 3.26. The Morgan fingerprint density at radius 1 is 1.29 bits per heavy atom. The van der Waals surface area contributed by atoms with Crippen molar-refractivity contribution in [1.82, 2.24) is 14.6 Å². The lowest BCUT2D eigenvalue weighted by Gasteiger charge is -2.33. The fourth-order valence-corrected chi connectivity index (χ4v) is 5.88. The number of rotatable bonds is 6. The van der Waals surface area contributed by atoms with Gasteiger partial charge in [-0.15, -0.1) is 11.3 Å². The van der Waals surface area contributed by atoms with Gasteiger partial charge in [-0.2, -0.15) is 0 Å². The van der Waals surface area contributed by atoms with Gasteiger partial charge in [0.25, 0.3) is 0 Å². The second kappa shape index (κ2) is 7.93. The first kappa shape index (κ1) is 17.8. The summed E-state index contributed by atoms with van der Waals surface area (Å²) in [5.41, 5.74) is 2.69. The van der Waals surface area contributed by atoms with Gasteiger partial charge in [-0.3, -0.25) is 4.79 Å². The molecule has 1 N–H and O–H groups in total. The van der Waals surface area contributed by atoms with E-state index in [1.54, 1.807) is 10.4 Å². The number of carbonyl (C=O) groups excluding carboxylic acids is 1. The zero-order valence-electron chi connectivity index (χ0n) is 13.8. The highest BCUT2D eigenvalue weighted by Gasteiger charge is 2.34. The molecule has 3 rings (SSSR count). The lowest BCUT2D eigenvalue weighted by Crippen LogP contribution is -2.50. The average molecular weight is 372 g/mol. The van der Waals surface area contributed by atoms with Crippen LogP contribution in [-0.4, -0.2) is 48.6 Å². The molecule has 1 saturated heterocycles. The number of sulfonamides is 1. The van der Waals surface area contributed by atoms with E-state index in [1.165, 1.54) is 11.3 Å². The highest BCUT2D eigenvalue weighted by atomic mass is 32.2. The molecule has 8 heteroatoms. The predicted molar refractivity (Wildman–Crippen MR) is 94.3 cm³/mol. The topological polar surface area (TPSA) is 79.4 Å². The van der Waals surface area contributed by atoms with Crippen LogP contribution in [-0.2, 0) is 21.2 Å². The summed E-state index contributed by atoms with van der Waals surface area (Å²) in [4.78, 5) is 18.3. The smallest absolute Gasteiger partial charge is 0.222 e. The molecule has 2 aliphatic rings. The van der Waals surface area contributed by atoms with Crippen molar-refractivity contribution in [2.75, 3.05) is 13.1 Å². The minimum atomic E-state index is -3.35. The molecule has 0 radical (unpaired) electrons. The van der Waals surface area contributed by atoms with Gasteiger partial charge in [-0.25, -0.2) is 18.1 Å². The molecule has 2 fully saturated rings. The third-order valence-electron chi connectivity index (χ3n) is 4.93. The molecule has 2 heterocycles. The molecule has 1 aliphatic carbocycles. The summed E-state index contributed by atoms with van der Waals surface area (Å²) in [6, 6.07) is 0.0887. The summed E-state index contributed by atoms with van der Waals surface area (Å²) >= 11 is 1.52. The summed E-state index contributed by atoms with van der Waals surface area (Å²) < 4.78 is 28.1. The van der Waals surface area contributed by atoms with Crippen LogP contribution in [0, 0.1) is 0 Å². The third kappa shape index (κ3) is 4.55. The van der Waals surface area contributed by atoms with Gasteiger partial charge in [0.15, 0.2) is 0 Å². The highest BCUT2D eigenvalue weighted by molar-refractivity contribution is 7.90. The van der Waals surface area contributed by atoms with Crippen LogP contribution in [0.5, 0.6) is 0 Å². The van der Waals surface area contributed by atoms with Crippen LogP contribution in [0.1, 0.15) is 50.6 Å². The van der Waals surface area contributed by atoms with Crippen molar-refractivity contribution >= 4 is 27.3 Å². The summed E-state index contributed by atoms with van der Waals surface area (Å²) in [7, 11) is -3.35. The first-order valence-electron chi connectivity index (χ1n) is 8.70. The molecule has 1 aromatic heterocycles. The monoisotopic (exact) mass is 371 g/mol. The van der Waals surface area contributed by atoms with Crippen LogP contribution in [0.15, 0.2) is 10.9 Å². The summed E-state index contributed by atoms with van der Waals surface area (Å²) in [5.74, 6) is 0.0313. The van der Waals surface area contributed by atoms with Gasteiger partial charge in [0.05, 0.1) is 16.5 Å². The molecule has 134 valence electrons. The van der Waals surface area contributed by atoms with E-state index in [9.17, 15) is 13.2 Å². The number of amides is 1. The SMILES string of the molecule is O=C(CCc1cscn1)N1CCCC(S(=O)(=O)NC2CCCC2)C1. The van der Waals surface area contributed by atoms with Crippen molar-refractivity contribution in [3.63, 3.8) is 0 Å². The molecular formula is C16H25N3O3S2. The second-order valence-electron chi connectivity index (χ2n) is 6.73. The number of carbonyl (C=O) groups is 1. The summed E-state index contributed by atoms with van der Waals surface area (Å²) in [5, 5.41) is 1.47. The lowest BCUT2D eigenvalue weighted by atomic mass is 10.1. The van der Waals surface area contributed by atoms with Gasteiger partial charge < -0.3 is 4.90 Å². The second-order valence-corrected chi connectivity index (χ2v) is 9.44. The van der Waals surface area contributed by atoms with Crippen LogP contribution in [0.25, 0.3) is 0 Å². The minimum absolute atomic E-state index is 0.0313. The number of nitrogens with zero attached hydrogens (tertiary/aromatic N) is 2. The molecule has 0 aromatic carbocycles. The molecule has 1 unspecified atom stereocenters. The molecule has 0 spiro atoms. The number of likely N-dealkylation sites (tertiary alicyclic amines) is 1. The van der Waals surface area contributed by atoms with Crippen LogP contribution in [0.4, 0.5) is 0 Å². The van der Waals surface area contributed by atoms with Gasteiger partial charge >= 0.3 is 0 Å². The normalized spacial score (nSPS) is 22.8. The van der Waals surface area contributed by atoms with Crippen LogP contribution in [0.3, 0.4) is 0 Å². The van der Waals surface area contributed by atoms with Crippen LogP contribution in [0.2, 0.25) is 0 Å². The van der Waals surface area contributed by atoms with Crippen molar-refractivity contribution in [3.8, 4) is 0 Å². The Labute approximate surface area is 147 Å². The number of hydrogen-bond donors (Lipinski definition) is 1. The van der Waals surface area contributed by atoms with Crippen LogP contribution < -0.4 is 4.72 Å². The van der Waals surface area contributed by atoms with Gasteiger partial charge in [0.1, 0.15) is 0 Å². The molecule has 1 amide bonds.